The Bertz CT molecular complexity index is 3390. The minimum absolute atomic E-state index is 0.138. The highest BCUT2D eigenvalue weighted by molar-refractivity contribution is 5.79. The van der Waals surface area contributed by atoms with E-state index in [9.17, 15) is 14.4 Å². The van der Waals surface area contributed by atoms with Gasteiger partial charge in [0.25, 0.3) is 0 Å². The van der Waals surface area contributed by atoms with Gasteiger partial charge in [-0.25, -0.2) is 19.6 Å². The van der Waals surface area contributed by atoms with Crippen molar-refractivity contribution in [2.24, 2.45) is 0 Å². The van der Waals surface area contributed by atoms with Gasteiger partial charge in [-0.05, 0) is 162 Å². The Morgan fingerprint density at radius 3 is 1.27 bits per heavy atom. The van der Waals surface area contributed by atoms with Gasteiger partial charge < -0.3 is 46.9 Å². The van der Waals surface area contributed by atoms with E-state index in [1.807, 2.05) is 125 Å². The topological polar surface area (TPSA) is 174 Å². The summed E-state index contributed by atoms with van der Waals surface area (Å²) in [5.41, 5.74) is 4.97. The first-order valence-electron chi connectivity index (χ1n) is 25.8. The summed E-state index contributed by atoms with van der Waals surface area (Å²) in [6, 6.07) is 46.9. The average molecular weight is 1080 g/mol. The summed E-state index contributed by atoms with van der Waals surface area (Å²) < 4.78 is 49.6. The van der Waals surface area contributed by atoms with Crippen LogP contribution >= 0.6 is 0 Å². The maximum atomic E-state index is 13.1. The van der Waals surface area contributed by atoms with Crippen molar-refractivity contribution >= 4 is 18.2 Å². The number of hydrogen-bond donors (Lipinski definition) is 0. The number of nitrogens with zero attached hydrogens (tertiary/aromatic N) is 4. The molecule has 0 bridgehead atoms. The summed E-state index contributed by atoms with van der Waals surface area (Å²) in [6.07, 6.45) is -1.10. The lowest BCUT2D eigenvalue weighted by molar-refractivity contribution is -0.144. The molecule has 0 saturated heterocycles. The lowest BCUT2D eigenvalue weighted by atomic mass is 10.1. The quantitative estimate of drug-likeness (QED) is 0.0586. The van der Waals surface area contributed by atoms with Crippen molar-refractivity contribution in [2.45, 2.75) is 53.6 Å². The predicted molar refractivity (Wildman–Crippen MR) is 302 cm³/mol. The zero-order valence-corrected chi connectivity index (χ0v) is 45.9. The number of carbonyl (C=O) groups excluding carboxylic acids is 3. The molecule has 0 spiro atoms. The first-order valence-corrected chi connectivity index (χ1v) is 25.8. The maximum Gasteiger partial charge on any atom is 0.416 e. The molecule has 0 aliphatic carbocycles. The van der Waals surface area contributed by atoms with E-state index in [-0.39, 0.29) is 32.4 Å². The third-order valence-electron chi connectivity index (χ3n) is 12.3. The van der Waals surface area contributed by atoms with Gasteiger partial charge in [-0.1, -0.05) is 72.5 Å². The number of benzene rings is 6. The lowest BCUT2D eigenvalue weighted by Crippen LogP contribution is -2.40. The third-order valence-corrected chi connectivity index (χ3v) is 12.3. The van der Waals surface area contributed by atoms with Crippen LogP contribution in [0.4, 0.5) is 9.59 Å². The number of hydrogen-bond acceptors (Lipinski definition) is 14. The van der Waals surface area contributed by atoms with Gasteiger partial charge in [-0.15, -0.1) is 0 Å². The van der Waals surface area contributed by atoms with Crippen molar-refractivity contribution < 1.29 is 56.4 Å². The van der Waals surface area contributed by atoms with Gasteiger partial charge in [-0.3, -0.25) is 9.69 Å². The summed E-state index contributed by atoms with van der Waals surface area (Å²) in [4.78, 5) is 50.1. The predicted octanol–water partition coefficient (Wildman–Crippen LogP) is 12.9. The number of oxazole rings is 2. The van der Waals surface area contributed by atoms with Crippen LogP contribution in [-0.4, -0.2) is 85.1 Å². The number of ether oxygens (including phenoxy) is 7. The van der Waals surface area contributed by atoms with Crippen LogP contribution in [0.3, 0.4) is 0 Å². The van der Waals surface area contributed by atoms with Crippen LogP contribution in [0.25, 0.3) is 22.9 Å². The number of methoxy groups -OCH3 is 2. The second kappa shape index (κ2) is 29.0. The van der Waals surface area contributed by atoms with Gasteiger partial charge in [0.1, 0.15) is 54.3 Å². The molecule has 2 amide bonds. The monoisotopic (exact) mass is 1080 g/mol. The highest BCUT2D eigenvalue weighted by atomic mass is 16.6. The van der Waals surface area contributed by atoms with Crippen LogP contribution < -0.4 is 28.4 Å². The first-order chi connectivity index (χ1) is 38.8. The van der Waals surface area contributed by atoms with Crippen molar-refractivity contribution in [3.05, 3.63) is 192 Å². The molecule has 8 aromatic rings. The molecule has 2 aromatic heterocycles. The molecule has 0 N–H and O–H groups in total. The number of carbonyl (C=O) groups is 3. The average Bonchev–Trinajstić information content (AvgIpc) is 4.06. The minimum atomic E-state index is -0.686. The largest absolute Gasteiger partial charge is 0.497 e. The second-order valence-electron chi connectivity index (χ2n) is 17.6. The Hall–Kier alpha value is -9.93. The summed E-state index contributed by atoms with van der Waals surface area (Å²) in [7, 11) is 3.14. The van der Waals surface area contributed by atoms with Crippen molar-refractivity contribution in [3.8, 4) is 81.1 Å². The van der Waals surface area contributed by atoms with Gasteiger partial charge >= 0.3 is 18.2 Å². The summed E-state index contributed by atoms with van der Waals surface area (Å²) in [5.74, 6) is 16.8. The van der Waals surface area contributed by atoms with Crippen LogP contribution in [0.2, 0.25) is 0 Å². The molecule has 6 aromatic carbocycles. The molecule has 0 radical (unpaired) electrons. The number of aromatic nitrogens is 2. The van der Waals surface area contributed by atoms with Gasteiger partial charge in [0.15, 0.2) is 0 Å². The second-order valence-corrected chi connectivity index (χ2v) is 17.6. The van der Waals surface area contributed by atoms with Crippen molar-refractivity contribution in [1.82, 2.24) is 19.8 Å². The van der Waals surface area contributed by atoms with E-state index in [2.05, 4.69) is 33.6 Å². The smallest absolute Gasteiger partial charge is 0.416 e. The maximum absolute atomic E-state index is 13.1. The number of rotatable bonds is 18. The van der Waals surface area contributed by atoms with Crippen molar-refractivity contribution in [2.75, 3.05) is 47.1 Å². The molecule has 8 rings (SSSR count). The molecular weight excluding hydrogens is 1020 g/mol. The number of amides is 2. The summed E-state index contributed by atoms with van der Waals surface area (Å²) in [5, 5.41) is 0. The molecule has 410 valence electrons. The van der Waals surface area contributed by atoms with Crippen LogP contribution in [-0.2, 0) is 9.53 Å². The van der Waals surface area contributed by atoms with E-state index in [0.717, 1.165) is 27.9 Å². The molecule has 0 unspecified atom stereocenters. The molecule has 0 aliphatic rings. The van der Waals surface area contributed by atoms with E-state index < -0.39 is 24.2 Å². The van der Waals surface area contributed by atoms with Crippen LogP contribution in [0.1, 0.15) is 73.8 Å². The Labute approximate surface area is 466 Å². The Kier molecular flexibility index (Phi) is 20.9. The van der Waals surface area contributed by atoms with E-state index in [0.29, 0.717) is 70.0 Å². The SMILES string of the molecule is CCN(C(=O)Oc1ccc(OC)cc1)[C@@H](C)c1ccc(OCC#Cc2oc(-c3ccccc3)nc2C)cc1.CCOC(=O)CN(C(=O)Oc1ccc(OC)cc1)[C@@H](C)c1ccc(OCC#Cc2oc(-c3ccccc3)nc2C)cc1. The highest BCUT2D eigenvalue weighted by Crippen LogP contribution is 2.28. The van der Waals surface area contributed by atoms with E-state index >= 15 is 0 Å². The standard InChI is InChI=1S/C33H32N2O7.C31H30N2O5/c1-5-39-31(36)22-35(33(37)41-29-19-17-27(38-4)18-20-29)24(3)25-13-15-28(16-14-25)40-21-9-12-30-23(2)34-32(42-30)26-10-7-6-8-11-26;1-5-33(31(34)37-28-19-17-26(35-4)18-20-28)23(3)24-13-15-27(16-14-24)36-21-9-12-29-22(2)32-30(38-29)25-10-7-6-8-11-25/h6-8,10-11,13-20,24H,5,21-22H2,1-4H3;6-8,10-11,13-20,23H,5,21H2,1-4H3/t24-;23-/m00/s1. The number of aryl methyl sites for hydroxylation is 2. The summed E-state index contributed by atoms with van der Waals surface area (Å²) >= 11 is 0. The third kappa shape index (κ3) is 16.3. The number of esters is 1. The van der Waals surface area contributed by atoms with Gasteiger partial charge in [0, 0.05) is 17.7 Å². The van der Waals surface area contributed by atoms with Gasteiger partial charge in [0.2, 0.25) is 23.3 Å². The van der Waals surface area contributed by atoms with Crippen LogP contribution in [0, 0.1) is 37.5 Å². The molecule has 0 fully saturated rings. The zero-order valence-electron chi connectivity index (χ0n) is 45.9. The molecule has 0 saturated carbocycles. The fraction of sp³-hybridized carbons (Fsp3) is 0.234. The first kappa shape index (κ1) is 57.8. The minimum Gasteiger partial charge on any atom is -0.497 e. The fourth-order valence-electron chi connectivity index (χ4n) is 7.82. The molecular formula is C64H62N4O12. The summed E-state index contributed by atoms with van der Waals surface area (Å²) in [6.45, 7) is 11.9. The Morgan fingerprint density at radius 2 is 0.887 bits per heavy atom. The molecule has 16 heteroatoms. The zero-order chi connectivity index (χ0) is 56.8. The van der Waals surface area contributed by atoms with E-state index in [1.54, 1.807) is 93.6 Å². The molecule has 2 atom stereocenters. The molecule has 0 aliphatic heterocycles. The van der Waals surface area contributed by atoms with E-state index in [1.165, 1.54) is 4.90 Å². The highest BCUT2D eigenvalue weighted by Gasteiger charge is 2.27. The van der Waals surface area contributed by atoms with Crippen molar-refractivity contribution in [3.63, 3.8) is 0 Å². The van der Waals surface area contributed by atoms with Crippen LogP contribution in [0.15, 0.2) is 167 Å². The lowest BCUT2D eigenvalue weighted by Gasteiger charge is -2.28. The normalized spacial score (nSPS) is 11.1. The van der Waals surface area contributed by atoms with Gasteiger partial charge in [0.05, 0.1) is 44.3 Å². The van der Waals surface area contributed by atoms with E-state index in [4.69, 9.17) is 42.0 Å². The van der Waals surface area contributed by atoms with Crippen LogP contribution in [0.5, 0.6) is 34.5 Å². The van der Waals surface area contributed by atoms with Crippen molar-refractivity contribution in [1.29, 1.82) is 0 Å². The fourth-order valence-corrected chi connectivity index (χ4v) is 7.82. The molecule has 16 nitrogen and oxygen atoms in total. The molecule has 80 heavy (non-hydrogen) atoms. The van der Waals surface area contributed by atoms with Gasteiger partial charge in [-0.2, -0.15) is 0 Å². The Balaban J connectivity index is 0.000000232. The molecule has 2 heterocycles. The Morgan fingerprint density at radius 1 is 0.512 bits per heavy atom.